The molecule has 0 unspecified atom stereocenters. The maximum Gasteiger partial charge on any atom is 0.361 e. The monoisotopic (exact) mass is 404 g/mol. The molecule has 0 fully saturated rings. The van der Waals surface area contributed by atoms with Crippen molar-refractivity contribution in [3.8, 4) is 0 Å². The predicted molar refractivity (Wildman–Crippen MR) is 88.9 cm³/mol. The van der Waals surface area contributed by atoms with Crippen LogP contribution in [0.3, 0.4) is 0 Å². The molecule has 0 saturated carbocycles. The number of alkyl halides is 6. The van der Waals surface area contributed by atoms with Gasteiger partial charge in [-0.1, -0.05) is 12.1 Å². The number of anilines is 1. The summed E-state index contributed by atoms with van der Waals surface area (Å²) in [5, 5.41) is 3.03. The van der Waals surface area contributed by atoms with E-state index in [1.165, 1.54) is 25.8 Å². The van der Waals surface area contributed by atoms with Crippen LogP contribution in [-0.4, -0.2) is 35.5 Å². The van der Waals surface area contributed by atoms with E-state index in [1.54, 1.807) is 6.92 Å². The van der Waals surface area contributed by atoms with Crippen LogP contribution >= 0.6 is 23.2 Å². The van der Waals surface area contributed by atoms with E-state index in [2.05, 4.69) is 5.32 Å². The normalized spacial score (nSPS) is 12.9. The van der Waals surface area contributed by atoms with E-state index in [-0.39, 0.29) is 11.1 Å². The summed E-state index contributed by atoms with van der Waals surface area (Å²) in [6.07, 6.45) is 0. The lowest BCUT2D eigenvalue weighted by Crippen LogP contribution is -2.53. The minimum absolute atomic E-state index is 0.198. The molecule has 0 bridgehead atoms. The number of halogens is 6. The van der Waals surface area contributed by atoms with E-state index in [0.717, 1.165) is 12.1 Å². The van der Waals surface area contributed by atoms with Gasteiger partial charge in [0, 0.05) is 13.6 Å². The van der Waals surface area contributed by atoms with Crippen molar-refractivity contribution in [2.45, 2.75) is 37.1 Å². The largest absolute Gasteiger partial charge is 0.372 e. The van der Waals surface area contributed by atoms with Gasteiger partial charge in [-0.05, 0) is 60.7 Å². The van der Waals surface area contributed by atoms with Gasteiger partial charge in [-0.15, -0.1) is 0 Å². The molecule has 2 N–H and O–H groups in total. The third-order valence-electron chi connectivity index (χ3n) is 3.70. The van der Waals surface area contributed by atoms with E-state index in [9.17, 15) is 27.5 Å². The van der Waals surface area contributed by atoms with Crippen molar-refractivity contribution in [3.05, 3.63) is 28.8 Å². The van der Waals surface area contributed by atoms with Gasteiger partial charge in [0.25, 0.3) is 0 Å². The molecule has 25 heavy (non-hydrogen) atoms. The van der Waals surface area contributed by atoms with Crippen molar-refractivity contribution in [2.75, 3.05) is 18.5 Å². The highest BCUT2D eigenvalue weighted by atomic mass is 35.5. The highest BCUT2D eigenvalue weighted by molar-refractivity contribution is 6.26. The summed E-state index contributed by atoms with van der Waals surface area (Å²) in [5.74, 6) is 0. The molecule has 0 saturated heterocycles. The smallest absolute Gasteiger partial charge is 0.361 e. The van der Waals surface area contributed by atoms with Gasteiger partial charge >= 0.3 is 16.8 Å². The zero-order valence-corrected chi connectivity index (χ0v) is 15.4. The minimum Gasteiger partial charge on any atom is -0.372 e. The Balaban J connectivity index is 3.55. The molecule has 0 heterocycles. The first-order valence-electron chi connectivity index (χ1n) is 7.17. The number of urea groups is 1. The number of nitrogens with zero attached hydrogens (tertiary/aromatic N) is 1. The Morgan fingerprint density at radius 2 is 1.56 bits per heavy atom. The van der Waals surface area contributed by atoms with Gasteiger partial charge in [-0.3, -0.25) is 4.90 Å². The van der Waals surface area contributed by atoms with E-state index in [4.69, 9.17) is 23.2 Å². The highest BCUT2D eigenvalue weighted by Gasteiger charge is 2.68. The number of carbonyl (C=O) groups is 1. The van der Waals surface area contributed by atoms with Crippen LogP contribution in [0.2, 0.25) is 0 Å². The Morgan fingerprint density at radius 3 is 1.88 bits per heavy atom. The number of carbonyl (C=O) groups excluding carboxylic acids is 1. The lowest BCUT2D eigenvalue weighted by atomic mass is 9.90. The molecule has 0 radical (unpaired) electrons. The van der Waals surface area contributed by atoms with Crippen LogP contribution in [0.5, 0.6) is 0 Å². The molecule has 0 aliphatic carbocycles. The average Bonchev–Trinajstić information content (AvgIpc) is 2.43. The lowest BCUT2D eigenvalue weighted by Gasteiger charge is -2.36. The molecule has 0 aliphatic heterocycles. The second-order valence-electron chi connectivity index (χ2n) is 5.56. The number of aryl methyl sites for hydroxylation is 2. The van der Waals surface area contributed by atoms with E-state index in [1.807, 2.05) is 0 Å². The van der Waals surface area contributed by atoms with Gasteiger partial charge < -0.3 is 10.4 Å². The van der Waals surface area contributed by atoms with Gasteiger partial charge in [0.2, 0.25) is 5.60 Å². The summed E-state index contributed by atoms with van der Waals surface area (Å²) in [6, 6.07) is 1.32. The fraction of sp³-hybridized carbons (Fsp3) is 0.533. The van der Waals surface area contributed by atoms with E-state index >= 15 is 0 Å². The second kappa shape index (κ2) is 7.17. The van der Waals surface area contributed by atoms with Gasteiger partial charge in [0.05, 0.1) is 5.69 Å². The molecule has 10 heteroatoms. The standard InChI is InChI=1S/C15H18Cl2F4N2O2/c1-5-22-12(24)23(4)11-8(2)6-10(7-9(11)3)13(25,14(16,18)19)15(17,20)21/h6-7,25H,5H2,1-4H3,(H,22,24). The molecule has 0 atom stereocenters. The van der Waals surface area contributed by atoms with Crippen molar-refractivity contribution >= 4 is 34.9 Å². The summed E-state index contributed by atoms with van der Waals surface area (Å²) in [5.41, 5.74) is -4.29. The van der Waals surface area contributed by atoms with Crippen LogP contribution < -0.4 is 10.2 Å². The molecule has 1 aromatic rings. The van der Waals surface area contributed by atoms with Crippen molar-refractivity contribution in [1.29, 1.82) is 0 Å². The van der Waals surface area contributed by atoms with Gasteiger partial charge in [-0.25, -0.2) is 4.79 Å². The number of hydrogen-bond acceptors (Lipinski definition) is 2. The molecule has 4 nitrogen and oxygen atoms in total. The Morgan fingerprint density at radius 1 is 1.16 bits per heavy atom. The fourth-order valence-electron chi connectivity index (χ4n) is 2.55. The van der Waals surface area contributed by atoms with Crippen LogP contribution in [0.15, 0.2) is 12.1 Å². The average molecular weight is 405 g/mol. The molecule has 2 amide bonds. The summed E-state index contributed by atoms with van der Waals surface area (Å²) in [4.78, 5) is 13.1. The van der Waals surface area contributed by atoms with E-state index < -0.39 is 28.0 Å². The first-order chi connectivity index (χ1) is 11.2. The highest BCUT2D eigenvalue weighted by Crippen LogP contribution is 2.53. The Bertz CT molecular complexity index is 623. The Kier molecular flexibility index (Phi) is 6.25. The van der Waals surface area contributed by atoms with Crippen molar-refractivity contribution < 1.29 is 27.5 Å². The Hall–Kier alpha value is -1.25. The van der Waals surface area contributed by atoms with Gasteiger partial charge in [0.1, 0.15) is 0 Å². The van der Waals surface area contributed by atoms with Gasteiger partial charge in [-0.2, -0.15) is 17.6 Å². The number of hydrogen-bond donors (Lipinski definition) is 2. The molecular weight excluding hydrogens is 387 g/mol. The fourth-order valence-corrected chi connectivity index (χ4v) is 3.06. The van der Waals surface area contributed by atoms with Crippen LogP contribution in [0.4, 0.5) is 28.0 Å². The van der Waals surface area contributed by atoms with E-state index in [0.29, 0.717) is 12.2 Å². The number of rotatable bonds is 5. The predicted octanol–water partition coefficient (Wildman–Crippen LogP) is 4.32. The summed E-state index contributed by atoms with van der Waals surface area (Å²) in [7, 11) is 1.43. The molecular formula is C15H18Cl2F4N2O2. The summed E-state index contributed by atoms with van der Waals surface area (Å²) in [6.45, 7) is 4.90. The number of benzene rings is 1. The number of aliphatic hydroxyl groups is 1. The van der Waals surface area contributed by atoms with Crippen molar-refractivity contribution in [1.82, 2.24) is 5.32 Å². The van der Waals surface area contributed by atoms with Crippen molar-refractivity contribution in [3.63, 3.8) is 0 Å². The first kappa shape index (κ1) is 21.8. The second-order valence-corrected chi connectivity index (χ2v) is 6.51. The Labute approximate surface area is 152 Å². The molecule has 0 aromatic heterocycles. The van der Waals surface area contributed by atoms with Crippen LogP contribution in [-0.2, 0) is 5.60 Å². The number of amides is 2. The summed E-state index contributed by atoms with van der Waals surface area (Å²) < 4.78 is 54.3. The molecule has 1 rings (SSSR count). The third kappa shape index (κ3) is 3.96. The van der Waals surface area contributed by atoms with Crippen molar-refractivity contribution in [2.24, 2.45) is 0 Å². The topological polar surface area (TPSA) is 52.6 Å². The molecule has 0 spiro atoms. The SMILES string of the molecule is CCNC(=O)N(C)c1c(C)cc(C(O)(C(F)(F)Cl)C(F)(F)Cl)cc1C. The first-order valence-corrected chi connectivity index (χ1v) is 7.93. The summed E-state index contributed by atoms with van der Waals surface area (Å²) >= 11 is 9.47. The zero-order valence-electron chi connectivity index (χ0n) is 13.9. The van der Waals surface area contributed by atoms with Gasteiger partial charge in [0.15, 0.2) is 0 Å². The molecule has 1 aromatic carbocycles. The van der Waals surface area contributed by atoms with Crippen LogP contribution in [0, 0.1) is 13.8 Å². The molecule has 0 aliphatic rings. The molecule has 142 valence electrons. The minimum atomic E-state index is -4.75. The van der Waals surface area contributed by atoms with Crippen LogP contribution in [0.1, 0.15) is 23.6 Å². The lowest BCUT2D eigenvalue weighted by molar-refractivity contribution is -0.224. The number of nitrogens with one attached hydrogen (secondary N) is 1. The van der Waals surface area contributed by atoms with Crippen LogP contribution in [0.25, 0.3) is 0 Å². The quantitative estimate of drug-likeness (QED) is 0.567. The zero-order chi connectivity index (χ0) is 19.8. The maximum atomic E-state index is 13.6. The third-order valence-corrected chi connectivity index (χ3v) is 4.24. The maximum absolute atomic E-state index is 13.6.